The lowest BCUT2D eigenvalue weighted by molar-refractivity contribution is 0.0937. The Morgan fingerprint density at radius 2 is 1.64 bits per heavy atom. The van der Waals surface area contributed by atoms with Gasteiger partial charge in [0.05, 0.1) is 17.9 Å². The molecule has 4 nitrogen and oxygen atoms in total. The summed E-state index contributed by atoms with van der Waals surface area (Å²) in [6.07, 6.45) is 3.11. The largest absolute Gasteiger partial charge is 0.340 e. The fourth-order valence-electron chi connectivity index (χ4n) is 2.66. The molecule has 1 heterocycles. The van der Waals surface area contributed by atoms with Gasteiger partial charge < -0.3 is 5.32 Å². The lowest BCUT2D eigenvalue weighted by atomic mass is 9.95. The molecule has 0 unspecified atom stereocenters. The third-order valence-corrected chi connectivity index (χ3v) is 4.29. The zero-order valence-electron chi connectivity index (χ0n) is 14.7. The van der Waals surface area contributed by atoms with E-state index < -0.39 is 0 Å². The van der Waals surface area contributed by atoms with E-state index in [0.29, 0.717) is 5.69 Å². The number of carbonyl (C=O) groups excluding carboxylic acids is 1. The van der Waals surface area contributed by atoms with E-state index in [1.807, 2.05) is 37.3 Å². The van der Waals surface area contributed by atoms with Crippen LogP contribution in [-0.2, 0) is 0 Å². The summed E-state index contributed by atoms with van der Waals surface area (Å²) in [5.74, 6) is -0.236. The summed E-state index contributed by atoms with van der Waals surface area (Å²) >= 11 is 0. The minimum absolute atomic E-state index is 0.236. The van der Waals surface area contributed by atoms with Crippen molar-refractivity contribution < 1.29 is 4.79 Å². The lowest BCUT2D eigenvalue weighted by Gasteiger charge is -2.20. The van der Waals surface area contributed by atoms with Gasteiger partial charge in [-0.3, -0.25) is 9.78 Å². The molecule has 0 aliphatic rings. The molecule has 0 bridgehead atoms. The SMILES string of the molecule is Cc1cnc(C(=O)N[C@H](c2ccccc2)c2ccc(C)c(C)c2)cn1. The first-order chi connectivity index (χ1) is 12.0. The zero-order valence-corrected chi connectivity index (χ0v) is 14.7. The molecular weight excluding hydrogens is 310 g/mol. The van der Waals surface area contributed by atoms with Crippen LogP contribution in [0.5, 0.6) is 0 Å². The van der Waals surface area contributed by atoms with E-state index in [9.17, 15) is 4.79 Å². The van der Waals surface area contributed by atoms with Crippen LogP contribution in [0.25, 0.3) is 0 Å². The Kier molecular flexibility index (Phi) is 4.89. The number of hydrogen-bond acceptors (Lipinski definition) is 3. The normalized spacial score (nSPS) is 11.8. The third kappa shape index (κ3) is 3.91. The van der Waals surface area contributed by atoms with E-state index in [1.54, 1.807) is 6.20 Å². The van der Waals surface area contributed by atoms with E-state index in [0.717, 1.165) is 16.8 Å². The predicted octanol–water partition coefficient (Wildman–Crippen LogP) is 3.92. The number of aryl methyl sites for hydroxylation is 3. The van der Waals surface area contributed by atoms with Crippen LogP contribution in [0, 0.1) is 20.8 Å². The van der Waals surface area contributed by atoms with Gasteiger partial charge >= 0.3 is 0 Å². The molecule has 0 fully saturated rings. The molecule has 0 spiro atoms. The number of nitrogens with one attached hydrogen (secondary N) is 1. The number of nitrogens with zero attached hydrogens (tertiary/aromatic N) is 2. The molecule has 1 amide bonds. The summed E-state index contributed by atoms with van der Waals surface area (Å²) in [7, 11) is 0. The highest BCUT2D eigenvalue weighted by Gasteiger charge is 2.19. The summed E-state index contributed by atoms with van der Waals surface area (Å²) in [6.45, 7) is 6.00. The van der Waals surface area contributed by atoms with Crippen molar-refractivity contribution in [2.75, 3.05) is 0 Å². The first kappa shape index (κ1) is 16.8. The molecule has 0 saturated heterocycles. The van der Waals surface area contributed by atoms with Crippen LogP contribution in [0.4, 0.5) is 0 Å². The number of hydrogen-bond donors (Lipinski definition) is 1. The van der Waals surface area contributed by atoms with E-state index in [-0.39, 0.29) is 11.9 Å². The maximum Gasteiger partial charge on any atom is 0.272 e. The van der Waals surface area contributed by atoms with Gasteiger partial charge in [-0.05, 0) is 43.0 Å². The molecule has 0 saturated carbocycles. The van der Waals surface area contributed by atoms with Gasteiger partial charge in [-0.1, -0.05) is 48.5 Å². The van der Waals surface area contributed by atoms with Gasteiger partial charge in [-0.2, -0.15) is 0 Å². The van der Waals surface area contributed by atoms with Gasteiger partial charge in [-0.25, -0.2) is 4.98 Å². The van der Waals surface area contributed by atoms with Crippen LogP contribution < -0.4 is 5.32 Å². The molecule has 0 aliphatic carbocycles. The van der Waals surface area contributed by atoms with E-state index in [2.05, 4.69) is 47.3 Å². The monoisotopic (exact) mass is 331 g/mol. The average molecular weight is 331 g/mol. The van der Waals surface area contributed by atoms with Gasteiger partial charge in [0.2, 0.25) is 0 Å². The fraction of sp³-hybridized carbons (Fsp3) is 0.190. The van der Waals surface area contributed by atoms with Crippen LogP contribution in [0.2, 0.25) is 0 Å². The summed E-state index contributed by atoms with van der Waals surface area (Å²) in [6, 6.07) is 16.0. The summed E-state index contributed by atoms with van der Waals surface area (Å²) in [4.78, 5) is 21.0. The number of benzene rings is 2. The van der Waals surface area contributed by atoms with Crippen molar-refractivity contribution in [1.82, 2.24) is 15.3 Å². The Bertz CT molecular complexity index is 873. The Morgan fingerprint density at radius 3 is 2.28 bits per heavy atom. The van der Waals surface area contributed by atoms with Gasteiger partial charge in [-0.15, -0.1) is 0 Å². The molecule has 126 valence electrons. The molecule has 4 heteroatoms. The highest BCUT2D eigenvalue weighted by molar-refractivity contribution is 5.92. The van der Waals surface area contributed by atoms with Crippen molar-refractivity contribution in [2.24, 2.45) is 0 Å². The third-order valence-electron chi connectivity index (χ3n) is 4.29. The Labute approximate surface area is 148 Å². The molecule has 0 radical (unpaired) electrons. The minimum atomic E-state index is -0.240. The second-order valence-corrected chi connectivity index (χ2v) is 6.20. The van der Waals surface area contributed by atoms with Crippen molar-refractivity contribution in [3.63, 3.8) is 0 Å². The second-order valence-electron chi connectivity index (χ2n) is 6.20. The van der Waals surface area contributed by atoms with Crippen LogP contribution in [-0.4, -0.2) is 15.9 Å². The molecule has 3 rings (SSSR count). The van der Waals surface area contributed by atoms with Gasteiger partial charge in [0.1, 0.15) is 5.69 Å². The first-order valence-corrected chi connectivity index (χ1v) is 8.26. The summed E-state index contributed by atoms with van der Waals surface area (Å²) in [5, 5.41) is 3.09. The fourth-order valence-corrected chi connectivity index (χ4v) is 2.66. The number of amides is 1. The van der Waals surface area contributed by atoms with E-state index in [1.165, 1.54) is 17.3 Å². The molecule has 2 aromatic carbocycles. The molecule has 3 aromatic rings. The number of aromatic nitrogens is 2. The first-order valence-electron chi connectivity index (χ1n) is 8.26. The maximum atomic E-state index is 12.7. The molecule has 1 aromatic heterocycles. The Balaban J connectivity index is 1.95. The van der Waals surface area contributed by atoms with Crippen molar-refractivity contribution in [2.45, 2.75) is 26.8 Å². The van der Waals surface area contributed by atoms with Crippen molar-refractivity contribution in [3.8, 4) is 0 Å². The Hall–Kier alpha value is -3.01. The highest BCUT2D eigenvalue weighted by Crippen LogP contribution is 2.24. The quantitative estimate of drug-likeness (QED) is 0.788. The van der Waals surface area contributed by atoms with Crippen molar-refractivity contribution >= 4 is 5.91 Å². The molecular formula is C21H21N3O. The molecule has 1 N–H and O–H groups in total. The van der Waals surface area contributed by atoms with Gasteiger partial charge in [0.15, 0.2) is 0 Å². The average Bonchev–Trinajstić information content (AvgIpc) is 2.63. The molecule has 25 heavy (non-hydrogen) atoms. The van der Waals surface area contributed by atoms with Gasteiger partial charge in [0, 0.05) is 6.20 Å². The highest BCUT2D eigenvalue weighted by atomic mass is 16.1. The number of rotatable bonds is 4. The standard InChI is InChI=1S/C21H21N3O/c1-14-9-10-18(11-15(14)2)20(17-7-5-4-6-8-17)24-21(25)19-13-22-16(3)12-23-19/h4-13,20H,1-3H3,(H,24,25)/t20-/m1/s1. The summed E-state index contributed by atoms with van der Waals surface area (Å²) < 4.78 is 0. The summed E-state index contributed by atoms with van der Waals surface area (Å²) in [5.41, 5.74) is 5.59. The van der Waals surface area contributed by atoms with E-state index >= 15 is 0 Å². The van der Waals surface area contributed by atoms with Crippen LogP contribution in [0.1, 0.15) is 44.5 Å². The molecule has 1 atom stereocenters. The second kappa shape index (κ2) is 7.26. The molecule has 0 aliphatic heterocycles. The zero-order chi connectivity index (χ0) is 17.8. The van der Waals surface area contributed by atoms with Crippen molar-refractivity contribution in [1.29, 1.82) is 0 Å². The van der Waals surface area contributed by atoms with Gasteiger partial charge in [0.25, 0.3) is 5.91 Å². The maximum absolute atomic E-state index is 12.7. The number of carbonyl (C=O) groups is 1. The van der Waals surface area contributed by atoms with Crippen LogP contribution >= 0.6 is 0 Å². The smallest absolute Gasteiger partial charge is 0.272 e. The minimum Gasteiger partial charge on any atom is -0.340 e. The van der Waals surface area contributed by atoms with E-state index in [4.69, 9.17) is 0 Å². The van der Waals surface area contributed by atoms with Crippen molar-refractivity contribution in [3.05, 3.63) is 94.6 Å². The van der Waals surface area contributed by atoms with Crippen LogP contribution in [0.15, 0.2) is 60.9 Å². The van der Waals surface area contributed by atoms with Crippen LogP contribution in [0.3, 0.4) is 0 Å². The predicted molar refractivity (Wildman–Crippen MR) is 98.4 cm³/mol. The lowest BCUT2D eigenvalue weighted by Crippen LogP contribution is -2.30. The topological polar surface area (TPSA) is 54.9 Å². The Morgan fingerprint density at radius 1 is 0.880 bits per heavy atom.